The van der Waals surface area contributed by atoms with Gasteiger partial charge in [0.2, 0.25) is 0 Å². The van der Waals surface area contributed by atoms with E-state index in [0.717, 1.165) is 164 Å². The molecule has 0 amide bonds. The molecule has 12 N–H and O–H groups in total. The van der Waals surface area contributed by atoms with Gasteiger partial charge >= 0.3 is 0 Å². The molecule has 0 aliphatic carbocycles. The minimum absolute atomic E-state index is 0.424. The SMILES string of the molecule is C1=CCNCC1.C1CCCNCC1.C1CCNC1.C1CCNCC1.C1CCOC1.C1CCOCC1.C1CCSCC1.C1CNC1.C1CNCCN1.C1CNCCNC1.C1CNCCOC1.C1COC1.C1COCCN1.C1CSCCN1.O=S1(=O)CCCCC1. The van der Waals surface area contributed by atoms with E-state index in [0.29, 0.717) is 11.5 Å². The van der Waals surface area contributed by atoms with Crippen LogP contribution >= 0.6 is 23.5 Å². The van der Waals surface area contributed by atoms with Crippen LogP contribution in [0.3, 0.4) is 0 Å². The molecule has 15 heterocycles. The van der Waals surface area contributed by atoms with E-state index >= 15 is 0 Å². The molecule has 0 aromatic rings. The van der Waals surface area contributed by atoms with Gasteiger partial charge in [-0.1, -0.05) is 44.3 Å². The van der Waals surface area contributed by atoms with Crippen molar-refractivity contribution >= 4 is 33.4 Å². The van der Waals surface area contributed by atoms with Crippen molar-refractivity contribution in [2.24, 2.45) is 0 Å². The van der Waals surface area contributed by atoms with Crippen LogP contribution in [0.4, 0.5) is 0 Å². The molecule has 0 unspecified atom stereocenters. The molecule has 0 aromatic carbocycles. The van der Waals surface area contributed by atoms with Crippen molar-refractivity contribution in [1.82, 2.24) is 63.8 Å². The first-order valence-corrected chi connectivity index (χ1v) is 40.7. The molecule has 0 atom stereocenters. The van der Waals surface area contributed by atoms with E-state index in [1.807, 2.05) is 11.8 Å². The highest BCUT2D eigenvalue weighted by Crippen LogP contribution is 2.15. The Labute approximate surface area is 556 Å². The quantitative estimate of drug-likeness (QED) is 0.119. The molecular weight excluding hydrogens is 1180 g/mol. The number of sulfone groups is 1. The first-order chi connectivity index (χ1) is 44.2. The number of rotatable bonds is 0. The summed E-state index contributed by atoms with van der Waals surface area (Å²) in [5, 5.41) is 38.8. The average molecular weight is 1330 g/mol. The van der Waals surface area contributed by atoms with E-state index in [1.165, 1.54) is 243 Å². The third kappa shape index (κ3) is 78.3. The monoisotopic (exact) mass is 1330 g/mol. The lowest BCUT2D eigenvalue weighted by molar-refractivity contribution is 0.0367. The summed E-state index contributed by atoms with van der Waals surface area (Å²) in [6.07, 6.45) is 37.1. The normalized spacial score (nSPS) is 24.1. The van der Waals surface area contributed by atoms with Crippen LogP contribution in [0.2, 0.25) is 0 Å². The van der Waals surface area contributed by atoms with Gasteiger partial charge in [0.05, 0.1) is 31.3 Å². The number of piperidine rings is 1. The molecule has 0 bridgehead atoms. The topological polar surface area (TPSA) is 225 Å². The van der Waals surface area contributed by atoms with E-state index in [4.69, 9.17) is 23.7 Å². The van der Waals surface area contributed by atoms with E-state index in [2.05, 4.69) is 87.7 Å². The summed E-state index contributed by atoms with van der Waals surface area (Å²) in [5.74, 6) is 6.29. The van der Waals surface area contributed by atoms with Gasteiger partial charge < -0.3 is 87.5 Å². The van der Waals surface area contributed by atoms with Crippen molar-refractivity contribution in [3.05, 3.63) is 12.2 Å². The van der Waals surface area contributed by atoms with Gasteiger partial charge in [-0.2, -0.15) is 23.5 Å². The van der Waals surface area contributed by atoms with Crippen LogP contribution in [0.1, 0.15) is 161 Å². The maximum atomic E-state index is 10.7. The van der Waals surface area contributed by atoms with Gasteiger partial charge in [0.15, 0.2) is 0 Å². The fraction of sp³-hybridized carbons (Fsp3) is 0.970. The van der Waals surface area contributed by atoms with Crippen molar-refractivity contribution < 1.29 is 32.1 Å². The molecule has 22 heteroatoms. The summed E-state index contributed by atoms with van der Waals surface area (Å²) in [5.41, 5.74) is 0. The van der Waals surface area contributed by atoms with Crippen molar-refractivity contribution in [3.8, 4) is 0 Å². The van der Waals surface area contributed by atoms with Gasteiger partial charge in [-0.15, -0.1) is 0 Å². The molecule has 0 radical (unpaired) electrons. The summed E-state index contributed by atoms with van der Waals surface area (Å²) in [7, 11) is -2.58. The predicted molar refractivity (Wildman–Crippen MR) is 386 cm³/mol. The van der Waals surface area contributed by atoms with Crippen molar-refractivity contribution in [1.29, 1.82) is 0 Å². The van der Waals surface area contributed by atoms with E-state index in [-0.39, 0.29) is 0 Å². The molecular formula is C67H144N12O7S3. The zero-order chi connectivity index (χ0) is 63.3. The highest BCUT2D eigenvalue weighted by atomic mass is 32.2. The highest BCUT2D eigenvalue weighted by Gasteiger charge is 2.14. The van der Waals surface area contributed by atoms with Crippen LogP contribution in [-0.2, 0) is 33.5 Å². The van der Waals surface area contributed by atoms with Crippen LogP contribution in [0, 0.1) is 0 Å². The Balaban J connectivity index is 0.000000478. The van der Waals surface area contributed by atoms with Gasteiger partial charge in [0, 0.05) is 136 Å². The number of piperazine rings is 1. The lowest BCUT2D eigenvalue weighted by Gasteiger charge is -2.11. The van der Waals surface area contributed by atoms with E-state index in [9.17, 15) is 8.42 Å². The molecule has 15 aliphatic heterocycles. The van der Waals surface area contributed by atoms with Gasteiger partial charge in [-0.05, 0) is 218 Å². The van der Waals surface area contributed by atoms with Gasteiger partial charge in [0.25, 0.3) is 0 Å². The summed E-state index contributed by atoms with van der Waals surface area (Å²) in [4.78, 5) is 0. The Hall–Kier alpha value is -0.290. The summed E-state index contributed by atoms with van der Waals surface area (Å²) < 4.78 is 46.2. The standard InChI is InChI=1S/C6H13N.C5H12N2.C5H11NO.C5H11N.C5H9N.C5H10O2S.C5H10O.C5H10S.C4H10N2.C4H9NO.C4H9NS.C4H9N.C4H8O.C3H7N.C3H6O/c1-2-4-6-7-5-3-1;1-2-6-4-5-7-3-1;1-2-6-3-5-7-4-1;2*1-2-4-6-5-3-1;6-8(7)4-2-1-3-5-8;2*1-2-4-6-5-3-1;1-2-6-4-3-5-1;2*1-3-6-4-2-5-1;2*1-2-4-5-3-1;2*1-2-4-3-1/h7H,1-6H2;6-7H,1-5H2;6H,1-5H2;6H,1-5H2;1-2,6H,3-5H2;1-5H2;2*1-5H2;5-6H,1-4H2;2*5H,1-4H2;5H,1-4H2;1-4H2;4H,1-3H2;1-3H2. The number of morpholine rings is 1. The predicted octanol–water partition coefficient (Wildman–Crippen LogP) is 6.35. The van der Waals surface area contributed by atoms with Crippen molar-refractivity contribution in [2.45, 2.75) is 161 Å². The zero-order valence-corrected chi connectivity index (χ0v) is 59.6. The first kappa shape index (κ1) is 86.7. The smallest absolute Gasteiger partial charge is 0.150 e. The molecule has 89 heavy (non-hydrogen) atoms. The Kier molecular flexibility index (Phi) is 76.4. The number of nitrogens with one attached hydrogen (secondary N) is 12. The molecule has 532 valence electrons. The maximum absolute atomic E-state index is 10.7. The van der Waals surface area contributed by atoms with Crippen LogP contribution in [0.25, 0.3) is 0 Å². The Morgan fingerprint density at radius 3 is 0.798 bits per heavy atom. The molecule has 0 aromatic heterocycles. The lowest BCUT2D eigenvalue weighted by atomic mass is 10.2. The maximum Gasteiger partial charge on any atom is 0.150 e. The Morgan fingerprint density at radius 1 is 0.225 bits per heavy atom. The third-order valence-electron chi connectivity index (χ3n) is 15.1. The van der Waals surface area contributed by atoms with Crippen LogP contribution < -0.4 is 63.8 Å². The molecule has 0 spiro atoms. The number of hydrogen-bond acceptors (Lipinski definition) is 21. The second-order valence-electron chi connectivity index (χ2n) is 23.6. The largest absolute Gasteiger partial charge is 0.381 e. The fourth-order valence-electron chi connectivity index (χ4n) is 9.18. The number of hydrogen-bond donors (Lipinski definition) is 12. The minimum atomic E-state index is -2.58. The lowest BCUT2D eigenvalue weighted by Crippen LogP contribution is -2.39. The summed E-state index contributed by atoms with van der Waals surface area (Å²) in [6, 6.07) is 0. The Morgan fingerprint density at radius 2 is 0.528 bits per heavy atom. The first-order valence-electron chi connectivity index (χ1n) is 36.6. The Bertz CT molecular complexity index is 1110. The highest BCUT2D eigenvalue weighted by molar-refractivity contribution is 7.99. The average Bonchev–Trinajstić information content (AvgIpc) is 4.18. The van der Waals surface area contributed by atoms with Crippen LogP contribution in [0.5, 0.6) is 0 Å². The van der Waals surface area contributed by atoms with E-state index in [1.54, 1.807) is 0 Å². The second-order valence-corrected chi connectivity index (χ2v) is 28.4. The third-order valence-corrected chi connectivity index (χ3v) is 19.1. The van der Waals surface area contributed by atoms with Gasteiger partial charge in [0.1, 0.15) is 9.84 Å². The molecule has 14 fully saturated rings. The molecule has 15 rings (SSSR count). The van der Waals surface area contributed by atoms with Gasteiger partial charge in [-0.25, -0.2) is 8.42 Å². The molecule has 14 saturated heterocycles. The zero-order valence-electron chi connectivity index (χ0n) is 57.2. The summed E-state index contributed by atoms with van der Waals surface area (Å²) >= 11 is 4.13. The molecule has 15 aliphatic rings. The van der Waals surface area contributed by atoms with Crippen molar-refractivity contribution in [3.63, 3.8) is 0 Å². The minimum Gasteiger partial charge on any atom is -0.381 e. The second kappa shape index (κ2) is 78.4. The fourth-order valence-corrected chi connectivity index (χ4v) is 12.5. The summed E-state index contributed by atoms with van der Waals surface area (Å²) in [6.45, 7) is 37.7. The van der Waals surface area contributed by atoms with Crippen LogP contribution in [0.15, 0.2) is 12.2 Å². The molecule has 0 saturated carbocycles. The molecule has 19 nitrogen and oxygen atoms in total. The number of ether oxygens (including phenoxy) is 5. The number of thioether (sulfide) groups is 2. The van der Waals surface area contributed by atoms with Crippen molar-refractivity contribution in [2.75, 3.05) is 258 Å². The van der Waals surface area contributed by atoms with Crippen LogP contribution in [-0.4, -0.2) is 266 Å². The van der Waals surface area contributed by atoms with E-state index < -0.39 is 9.84 Å². The van der Waals surface area contributed by atoms with Gasteiger partial charge in [-0.3, -0.25) is 0 Å².